The van der Waals surface area contributed by atoms with Gasteiger partial charge >= 0.3 is 5.97 Å². The van der Waals surface area contributed by atoms with Crippen LogP contribution in [0.25, 0.3) is 0 Å². The molecule has 0 radical (unpaired) electrons. The summed E-state index contributed by atoms with van der Waals surface area (Å²) in [6.07, 6.45) is 0.583. The van der Waals surface area contributed by atoms with Crippen molar-refractivity contribution in [3.8, 4) is 11.5 Å². The van der Waals surface area contributed by atoms with Crippen LogP contribution >= 0.6 is 0 Å². The first-order valence-electron chi connectivity index (χ1n) is 4.78. The molecule has 0 aromatic heterocycles. The molecule has 4 heteroatoms. The van der Waals surface area contributed by atoms with Gasteiger partial charge in [0.1, 0.15) is 0 Å². The highest BCUT2D eigenvalue weighted by atomic mass is 16.7. The highest BCUT2D eigenvalue weighted by molar-refractivity contribution is 5.67. The normalized spacial score (nSPS) is 12.9. The van der Waals surface area contributed by atoms with Crippen LogP contribution in [0.2, 0.25) is 0 Å². The summed E-state index contributed by atoms with van der Waals surface area (Å²) in [6, 6.07) is 3.82. The lowest BCUT2D eigenvalue weighted by Gasteiger charge is -2.06. The van der Waals surface area contributed by atoms with Crippen molar-refractivity contribution in [3.63, 3.8) is 0 Å². The maximum absolute atomic E-state index is 10.5. The van der Waals surface area contributed by atoms with Crippen LogP contribution in [0.1, 0.15) is 17.5 Å². The number of carboxylic acids is 1. The Hall–Kier alpha value is -1.71. The summed E-state index contributed by atoms with van der Waals surface area (Å²) in [6.45, 7) is 2.16. The molecule has 0 saturated carbocycles. The maximum Gasteiger partial charge on any atom is 0.303 e. The van der Waals surface area contributed by atoms with E-state index >= 15 is 0 Å². The quantitative estimate of drug-likeness (QED) is 0.822. The zero-order valence-corrected chi connectivity index (χ0v) is 8.45. The lowest BCUT2D eigenvalue weighted by Crippen LogP contribution is -1.99. The Morgan fingerprint density at radius 2 is 2.13 bits per heavy atom. The van der Waals surface area contributed by atoms with Gasteiger partial charge in [-0.2, -0.15) is 0 Å². The fourth-order valence-electron chi connectivity index (χ4n) is 1.63. The predicted octanol–water partition coefficient (Wildman–Crippen LogP) is 1.74. The van der Waals surface area contributed by atoms with Crippen molar-refractivity contribution >= 4 is 5.97 Å². The third-order valence-corrected chi connectivity index (χ3v) is 2.41. The van der Waals surface area contributed by atoms with E-state index in [-0.39, 0.29) is 13.2 Å². The topological polar surface area (TPSA) is 55.8 Å². The summed E-state index contributed by atoms with van der Waals surface area (Å²) in [5, 5.41) is 8.61. The molecule has 80 valence electrons. The molecular formula is C11H12O4. The average molecular weight is 208 g/mol. The van der Waals surface area contributed by atoms with Gasteiger partial charge in [-0.25, -0.2) is 0 Å². The second kappa shape index (κ2) is 3.81. The third kappa shape index (κ3) is 1.88. The second-order valence-electron chi connectivity index (χ2n) is 3.50. The Bertz CT molecular complexity index is 398. The van der Waals surface area contributed by atoms with E-state index in [4.69, 9.17) is 14.6 Å². The maximum atomic E-state index is 10.5. The van der Waals surface area contributed by atoms with Gasteiger partial charge in [0.15, 0.2) is 11.5 Å². The molecule has 2 rings (SSSR count). The number of fused-ring (bicyclic) bond motifs is 1. The first-order valence-corrected chi connectivity index (χ1v) is 4.78. The monoisotopic (exact) mass is 208 g/mol. The van der Waals surface area contributed by atoms with Gasteiger partial charge in [-0.1, -0.05) is 12.1 Å². The van der Waals surface area contributed by atoms with Gasteiger partial charge in [-0.3, -0.25) is 4.79 Å². The number of ether oxygens (including phenoxy) is 2. The Balaban J connectivity index is 2.25. The zero-order chi connectivity index (χ0) is 10.8. The van der Waals surface area contributed by atoms with Crippen molar-refractivity contribution in [2.45, 2.75) is 19.8 Å². The van der Waals surface area contributed by atoms with Crippen LogP contribution < -0.4 is 9.47 Å². The fourth-order valence-corrected chi connectivity index (χ4v) is 1.63. The van der Waals surface area contributed by atoms with Crippen molar-refractivity contribution in [3.05, 3.63) is 23.3 Å². The Morgan fingerprint density at radius 3 is 2.87 bits per heavy atom. The highest BCUT2D eigenvalue weighted by Gasteiger charge is 2.19. The van der Waals surface area contributed by atoms with Crippen LogP contribution in [0.5, 0.6) is 11.5 Å². The van der Waals surface area contributed by atoms with Crippen molar-refractivity contribution in [2.75, 3.05) is 6.79 Å². The minimum absolute atomic E-state index is 0.110. The van der Waals surface area contributed by atoms with E-state index in [9.17, 15) is 4.79 Å². The molecule has 0 saturated heterocycles. The molecule has 1 aliphatic rings. The standard InChI is InChI=1S/C11H12O4/c1-7-2-3-8(4-5-9(12)13)11-10(7)14-6-15-11/h2-3H,4-6H2,1H3,(H,12,13). The number of carbonyl (C=O) groups is 1. The molecular weight excluding hydrogens is 196 g/mol. The summed E-state index contributed by atoms with van der Waals surface area (Å²) in [5.74, 6) is 0.650. The van der Waals surface area contributed by atoms with Crippen LogP contribution in [0.3, 0.4) is 0 Å². The number of hydrogen-bond donors (Lipinski definition) is 1. The first kappa shape index (κ1) is 9.83. The highest BCUT2D eigenvalue weighted by Crippen LogP contribution is 2.38. The molecule has 0 atom stereocenters. The summed E-state index contributed by atoms with van der Waals surface area (Å²) < 4.78 is 10.6. The summed E-state index contributed by atoms with van der Waals surface area (Å²) >= 11 is 0. The number of hydrogen-bond acceptors (Lipinski definition) is 3. The smallest absolute Gasteiger partial charge is 0.303 e. The zero-order valence-electron chi connectivity index (χ0n) is 8.45. The molecule has 0 fully saturated rings. The number of aryl methyl sites for hydroxylation is 2. The van der Waals surface area contributed by atoms with Crippen molar-refractivity contribution in [2.24, 2.45) is 0 Å². The van der Waals surface area contributed by atoms with Gasteiger partial charge < -0.3 is 14.6 Å². The van der Waals surface area contributed by atoms with E-state index in [2.05, 4.69) is 0 Å². The number of benzene rings is 1. The summed E-state index contributed by atoms with van der Waals surface area (Å²) in [4.78, 5) is 10.5. The molecule has 15 heavy (non-hydrogen) atoms. The van der Waals surface area contributed by atoms with Crippen molar-refractivity contribution in [1.82, 2.24) is 0 Å². The molecule has 0 unspecified atom stereocenters. The molecule has 0 aliphatic carbocycles. The molecule has 1 aliphatic heterocycles. The molecule has 1 N–H and O–H groups in total. The van der Waals surface area contributed by atoms with Crippen molar-refractivity contribution < 1.29 is 19.4 Å². The number of rotatable bonds is 3. The molecule has 0 bridgehead atoms. The van der Waals surface area contributed by atoms with E-state index in [0.717, 1.165) is 16.9 Å². The van der Waals surface area contributed by atoms with Crippen LogP contribution in [0.15, 0.2) is 12.1 Å². The Labute approximate surface area is 87.4 Å². The van der Waals surface area contributed by atoms with Gasteiger partial charge in [0.25, 0.3) is 0 Å². The van der Waals surface area contributed by atoms with Crippen LogP contribution in [-0.2, 0) is 11.2 Å². The van der Waals surface area contributed by atoms with Crippen LogP contribution in [0.4, 0.5) is 0 Å². The molecule has 4 nitrogen and oxygen atoms in total. The van der Waals surface area contributed by atoms with E-state index in [1.165, 1.54) is 0 Å². The SMILES string of the molecule is Cc1ccc(CCC(=O)O)c2c1OCO2. The van der Waals surface area contributed by atoms with Crippen molar-refractivity contribution in [1.29, 1.82) is 0 Å². The largest absolute Gasteiger partial charge is 0.481 e. The molecule has 1 aromatic carbocycles. The van der Waals surface area contributed by atoms with Gasteiger partial charge in [-0.15, -0.1) is 0 Å². The van der Waals surface area contributed by atoms with Crippen LogP contribution in [-0.4, -0.2) is 17.9 Å². The first-order chi connectivity index (χ1) is 7.18. The lowest BCUT2D eigenvalue weighted by atomic mass is 10.1. The molecule has 0 spiro atoms. The molecule has 1 aromatic rings. The lowest BCUT2D eigenvalue weighted by molar-refractivity contribution is -0.136. The van der Waals surface area contributed by atoms with E-state index < -0.39 is 5.97 Å². The minimum Gasteiger partial charge on any atom is -0.481 e. The Kier molecular flexibility index (Phi) is 2.49. The van der Waals surface area contributed by atoms with Gasteiger partial charge in [0.05, 0.1) is 0 Å². The van der Waals surface area contributed by atoms with E-state index in [0.29, 0.717) is 12.2 Å². The van der Waals surface area contributed by atoms with Gasteiger partial charge in [0, 0.05) is 6.42 Å². The summed E-state index contributed by atoms with van der Waals surface area (Å²) in [5.41, 5.74) is 1.91. The second-order valence-corrected chi connectivity index (χ2v) is 3.50. The predicted molar refractivity (Wildman–Crippen MR) is 53.3 cm³/mol. The third-order valence-electron chi connectivity index (χ3n) is 2.41. The van der Waals surface area contributed by atoms with Gasteiger partial charge in [-0.05, 0) is 24.5 Å². The minimum atomic E-state index is -0.803. The fraction of sp³-hybridized carbons (Fsp3) is 0.364. The number of aliphatic carboxylic acids is 1. The van der Waals surface area contributed by atoms with Crippen LogP contribution in [0, 0.1) is 6.92 Å². The summed E-state index contributed by atoms with van der Waals surface area (Å²) in [7, 11) is 0. The molecule has 0 amide bonds. The van der Waals surface area contributed by atoms with Gasteiger partial charge in [0.2, 0.25) is 6.79 Å². The number of carboxylic acid groups (broad SMARTS) is 1. The molecule has 1 heterocycles. The van der Waals surface area contributed by atoms with E-state index in [1.54, 1.807) is 0 Å². The average Bonchev–Trinajstić information content (AvgIpc) is 2.66. The Morgan fingerprint density at radius 1 is 1.40 bits per heavy atom. The van der Waals surface area contributed by atoms with E-state index in [1.807, 2.05) is 19.1 Å².